The van der Waals surface area contributed by atoms with Crippen LogP contribution in [0.2, 0.25) is 0 Å². The number of nitrogens with zero attached hydrogens (tertiary/aromatic N) is 4. The quantitative estimate of drug-likeness (QED) is 0.438. The Morgan fingerprint density at radius 2 is 2.05 bits per heavy atom. The summed E-state index contributed by atoms with van der Waals surface area (Å²) in [5.41, 5.74) is 0. The van der Waals surface area contributed by atoms with Crippen LogP contribution in [0.5, 0.6) is 0 Å². The van der Waals surface area contributed by atoms with Crippen molar-refractivity contribution in [2.45, 2.75) is 40.2 Å². The second-order valence-electron chi connectivity index (χ2n) is 4.77. The van der Waals surface area contributed by atoms with Crippen LogP contribution in [0.1, 0.15) is 33.0 Å². The Morgan fingerprint density at radius 3 is 2.73 bits per heavy atom. The Bertz CT molecular complexity index is 470. The number of guanidine groups is 1. The van der Waals surface area contributed by atoms with E-state index in [0.717, 1.165) is 31.8 Å². The summed E-state index contributed by atoms with van der Waals surface area (Å²) in [6.45, 7) is 9.06. The molecule has 0 aromatic carbocycles. The van der Waals surface area contributed by atoms with Gasteiger partial charge in [-0.15, -0.1) is 10.2 Å². The molecule has 0 bridgehead atoms. The van der Waals surface area contributed by atoms with Gasteiger partial charge >= 0.3 is 0 Å². The first-order valence-electron chi connectivity index (χ1n) is 7.86. The molecule has 1 heterocycles. The molecule has 1 amide bonds. The first-order valence-corrected chi connectivity index (χ1v) is 7.86. The summed E-state index contributed by atoms with van der Waals surface area (Å²) >= 11 is 0. The van der Waals surface area contributed by atoms with Crippen molar-refractivity contribution in [1.29, 1.82) is 0 Å². The van der Waals surface area contributed by atoms with Gasteiger partial charge in [0, 0.05) is 32.6 Å². The zero-order chi connectivity index (χ0) is 16.2. The molecule has 3 N–H and O–H groups in total. The lowest BCUT2D eigenvalue weighted by Gasteiger charge is -2.12. The van der Waals surface area contributed by atoms with Crippen LogP contribution in [0.15, 0.2) is 11.3 Å². The molecule has 0 fully saturated rings. The Kier molecular flexibility index (Phi) is 8.63. The van der Waals surface area contributed by atoms with E-state index in [1.54, 1.807) is 6.33 Å². The van der Waals surface area contributed by atoms with Crippen molar-refractivity contribution >= 4 is 11.9 Å². The van der Waals surface area contributed by atoms with E-state index in [9.17, 15) is 4.79 Å². The molecular formula is C14H27N7O. The SMILES string of the molecule is CCCNC(=O)CN=C(NCC)NCCn1cnnc1CC. The van der Waals surface area contributed by atoms with Crippen molar-refractivity contribution in [3.05, 3.63) is 12.2 Å². The Balaban J connectivity index is 2.41. The third kappa shape index (κ3) is 6.55. The van der Waals surface area contributed by atoms with Crippen molar-refractivity contribution in [1.82, 2.24) is 30.7 Å². The van der Waals surface area contributed by atoms with Gasteiger partial charge in [-0.05, 0) is 13.3 Å². The number of amides is 1. The first-order chi connectivity index (χ1) is 10.7. The number of aryl methyl sites for hydroxylation is 1. The van der Waals surface area contributed by atoms with Crippen LogP contribution in [0.25, 0.3) is 0 Å². The average Bonchev–Trinajstić information content (AvgIpc) is 2.98. The van der Waals surface area contributed by atoms with E-state index < -0.39 is 0 Å². The smallest absolute Gasteiger partial charge is 0.241 e. The topological polar surface area (TPSA) is 96.2 Å². The van der Waals surface area contributed by atoms with Gasteiger partial charge in [-0.3, -0.25) is 4.79 Å². The van der Waals surface area contributed by atoms with Crippen LogP contribution in [0.3, 0.4) is 0 Å². The predicted octanol–water partition coefficient (Wildman–Crippen LogP) is -0.0782. The largest absolute Gasteiger partial charge is 0.357 e. The Morgan fingerprint density at radius 1 is 1.23 bits per heavy atom. The van der Waals surface area contributed by atoms with Gasteiger partial charge in [-0.1, -0.05) is 13.8 Å². The van der Waals surface area contributed by atoms with E-state index in [1.807, 2.05) is 25.3 Å². The van der Waals surface area contributed by atoms with Gasteiger partial charge in [0.25, 0.3) is 0 Å². The van der Waals surface area contributed by atoms with Gasteiger partial charge in [0.15, 0.2) is 5.96 Å². The van der Waals surface area contributed by atoms with Crippen LogP contribution in [0.4, 0.5) is 0 Å². The summed E-state index contributed by atoms with van der Waals surface area (Å²) in [5, 5.41) is 17.1. The van der Waals surface area contributed by atoms with E-state index in [-0.39, 0.29) is 12.5 Å². The second kappa shape index (κ2) is 10.6. The van der Waals surface area contributed by atoms with E-state index in [4.69, 9.17) is 0 Å². The molecule has 0 saturated carbocycles. The molecule has 0 aliphatic rings. The number of carbonyl (C=O) groups is 1. The van der Waals surface area contributed by atoms with Gasteiger partial charge in [0.05, 0.1) is 0 Å². The fraction of sp³-hybridized carbons (Fsp3) is 0.714. The summed E-state index contributed by atoms with van der Waals surface area (Å²) in [4.78, 5) is 15.8. The van der Waals surface area contributed by atoms with Gasteiger partial charge < -0.3 is 20.5 Å². The van der Waals surface area contributed by atoms with Crippen LogP contribution in [-0.2, 0) is 17.8 Å². The maximum atomic E-state index is 11.6. The minimum Gasteiger partial charge on any atom is -0.357 e. The molecule has 0 radical (unpaired) electrons. The molecule has 1 rings (SSSR count). The van der Waals surface area contributed by atoms with E-state index in [0.29, 0.717) is 19.0 Å². The van der Waals surface area contributed by atoms with Crippen molar-refractivity contribution in [3.8, 4) is 0 Å². The lowest BCUT2D eigenvalue weighted by Crippen LogP contribution is -2.40. The monoisotopic (exact) mass is 309 g/mol. The van der Waals surface area contributed by atoms with Crippen LogP contribution >= 0.6 is 0 Å². The van der Waals surface area contributed by atoms with Crippen molar-refractivity contribution < 1.29 is 4.79 Å². The predicted molar refractivity (Wildman–Crippen MR) is 86.7 cm³/mol. The summed E-state index contributed by atoms with van der Waals surface area (Å²) in [6.07, 6.45) is 3.50. The minimum absolute atomic E-state index is 0.0638. The molecule has 0 saturated heterocycles. The van der Waals surface area contributed by atoms with Gasteiger partial charge in [-0.25, -0.2) is 4.99 Å². The highest BCUT2D eigenvalue weighted by atomic mass is 16.1. The number of carbonyl (C=O) groups excluding carboxylic acids is 1. The second-order valence-corrected chi connectivity index (χ2v) is 4.77. The van der Waals surface area contributed by atoms with Crippen LogP contribution in [-0.4, -0.2) is 52.8 Å². The molecule has 0 unspecified atom stereocenters. The molecule has 1 aromatic rings. The molecule has 1 aromatic heterocycles. The van der Waals surface area contributed by atoms with Crippen molar-refractivity contribution in [3.63, 3.8) is 0 Å². The minimum atomic E-state index is -0.0638. The van der Waals surface area contributed by atoms with Crippen molar-refractivity contribution in [2.24, 2.45) is 4.99 Å². The molecule has 0 aliphatic carbocycles. The number of aliphatic imine (C=N–C) groups is 1. The lowest BCUT2D eigenvalue weighted by molar-refractivity contribution is -0.119. The molecule has 8 heteroatoms. The van der Waals surface area contributed by atoms with E-state index in [2.05, 4.69) is 31.1 Å². The highest BCUT2D eigenvalue weighted by molar-refractivity contribution is 5.84. The zero-order valence-corrected chi connectivity index (χ0v) is 13.7. The highest BCUT2D eigenvalue weighted by Gasteiger charge is 2.03. The standard InChI is InChI=1S/C14H27N7O/c1-4-7-16-13(22)10-18-14(15-6-3)17-8-9-21-11-19-20-12(21)5-2/h11H,4-10H2,1-3H3,(H,16,22)(H2,15,17,18). The van der Waals surface area contributed by atoms with Gasteiger partial charge in [-0.2, -0.15) is 0 Å². The molecule has 22 heavy (non-hydrogen) atoms. The molecule has 8 nitrogen and oxygen atoms in total. The molecule has 0 atom stereocenters. The van der Waals surface area contributed by atoms with E-state index in [1.165, 1.54) is 0 Å². The van der Waals surface area contributed by atoms with E-state index >= 15 is 0 Å². The van der Waals surface area contributed by atoms with Gasteiger partial charge in [0.1, 0.15) is 18.7 Å². The van der Waals surface area contributed by atoms with Gasteiger partial charge in [0.2, 0.25) is 5.91 Å². The maximum absolute atomic E-state index is 11.6. The maximum Gasteiger partial charge on any atom is 0.241 e. The number of aromatic nitrogens is 3. The summed E-state index contributed by atoms with van der Waals surface area (Å²) in [7, 11) is 0. The molecular weight excluding hydrogens is 282 g/mol. The third-order valence-electron chi connectivity index (χ3n) is 2.95. The normalized spacial score (nSPS) is 11.3. The number of hydrogen-bond donors (Lipinski definition) is 3. The number of rotatable bonds is 9. The fourth-order valence-corrected chi connectivity index (χ4v) is 1.85. The Labute approximate surface area is 131 Å². The third-order valence-corrected chi connectivity index (χ3v) is 2.95. The number of hydrogen-bond acceptors (Lipinski definition) is 4. The summed E-state index contributed by atoms with van der Waals surface area (Å²) in [6, 6.07) is 0. The van der Waals surface area contributed by atoms with Crippen LogP contribution < -0.4 is 16.0 Å². The first kappa shape index (κ1) is 17.9. The van der Waals surface area contributed by atoms with Crippen LogP contribution in [0, 0.1) is 0 Å². The lowest BCUT2D eigenvalue weighted by atomic mass is 10.4. The van der Waals surface area contributed by atoms with Crippen molar-refractivity contribution in [2.75, 3.05) is 26.2 Å². The number of nitrogens with one attached hydrogen (secondary N) is 3. The summed E-state index contributed by atoms with van der Waals surface area (Å²) < 4.78 is 2.00. The zero-order valence-electron chi connectivity index (χ0n) is 13.7. The molecule has 124 valence electrons. The fourth-order valence-electron chi connectivity index (χ4n) is 1.85. The summed E-state index contributed by atoms with van der Waals surface area (Å²) in [5.74, 6) is 1.54. The average molecular weight is 309 g/mol. The molecule has 0 spiro atoms. The highest BCUT2D eigenvalue weighted by Crippen LogP contribution is 1.94. The molecule has 0 aliphatic heterocycles. The Hall–Kier alpha value is -2.12.